The van der Waals surface area contributed by atoms with Gasteiger partial charge in [0.2, 0.25) is 0 Å². The van der Waals surface area contributed by atoms with Crippen LogP contribution in [0.2, 0.25) is 0 Å². The van der Waals surface area contributed by atoms with Crippen molar-refractivity contribution in [2.75, 3.05) is 12.3 Å². The lowest BCUT2D eigenvalue weighted by Gasteiger charge is -2.52. The quantitative estimate of drug-likeness (QED) is 0.697. The van der Waals surface area contributed by atoms with Gasteiger partial charge in [-0.2, -0.15) is 0 Å². The van der Waals surface area contributed by atoms with Crippen LogP contribution in [0.25, 0.3) is 0 Å². The summed E-state index contributed by atoms with van der Waals surface area (Å²) in [5.41, 5.74) is 0. The minimum Gasteiger partial charge on any atom is -0.302 e. The summed E-state index contributed by atoms with van der Waals surface area (Å²) in [4.78, 5) is 0.501. The van der Waals surface area contributed by atoms with Crippen molar-refractivity contribution in [3.63, 3.8) is 0 Å². The van der Waals surface area contributed by atoms with E-state index in [1.54, 1.807) is 0 Å². The van der Waals surface area contributed by atoms with Gasteiger partial charge in [0.15, 0.2) is 0 Å². The second-order valence-electron chi connectivity index (χ2n) is 5.20. The van der Waals surface area contributed by atoms with E-state index >= 15 is 0 Å². The molecule has 1 N–H and O–H groups in total. The number of hydrogen-bond acceptors (Lipinski definition) is 2. The van der Waals surface area contributed by atoms with Gasteiger partial charge in [0, 0.05) is 0 Å². The third-order valence-corrected chi connectivity index (χ3v) is 5.31. The molecule has 1 spiro atoms. The molecule has 0 aromatic carbocycles. The lowest BCUT2D eigenvalue weighted by atomic mass is 9.73. The Hall–Kier alpha value is 0.310. The van der Waals surface area contributed by atoms with E-state index in [0.717, 1.165) is 17.8 Å². The first-order valence-electron chi connectivity index (χ1n) is 5.50. The minimum atomic E-state index is 0.501. The molecule has 2 heteroatoms. The Labute approximate surface area is 86.0 Å². The van der Waals surface area contributed by atoms with Crippen LogP contribution in [-0.2, 0) is 0 Å². The zero-order valence-corrected chi connectivity index (χ0v) is 9.79. The van der Waals surface area contributed by atoms with Gasteiger partial charge in [-0.3, -0.25) is 0 Å². The van der Waals surface area contributed by atoms with Crippen LogP contribution in [-0.4, -0.2) is 17.2 Å². The fraction of sp³-hybridized carbons (Fsp3) is 1.00. The first-order chi connectivity index (χ1) is 6.11. The smallest absolute Gasteiger partial charge is 0.0650 e. The van der Waals surface area contributed by atoms with Crippen molar-refractivity contribution >= 4 is 11.8 Å². The molecule has 1 saturated heterocycles. The van der Waals surface area contributed by atoms with Gasteiger partial charge >= 0.3 is 0 Å². The number of hydrogen-bond donors (Lipinski definition) is 1. The zero-order valence-electron chi connectivity index (χ0n) is 8.97. The molecule has 1 unspecified atom stereocenters. The molecule has 0 aromatic heterocycles. The molecule has 2 fully saturated rings. The average molecular weight is 199 g/mol. The third kappa shape index (κ3) is 1.89. The van der Waals surface area contributed by atoms with Crippen LogP contribution < -0.4 is 5.32 Å². The summed E-state index contributed by atoms with van der Waals surface area (Å²) in [5, 5.41) is 3.73. The van der Waals surface area contributed by atoms with Gasteiger partial charge in [0.05, 0.1) is 4.87 Å². The van der Waals surface area contributed by atoms with Gasteiger partial charge in [0.1, 0.15) is 0 Å². The van der Waals surface area contributed by atoms with E-state index in [2.05, 4.69) is 37.8 Å². The Morgan fingerprint density at radius 1 is 1.38 bits per heavy atom. The number of thioether (sulfide) groups is 1. The molecule has 0 aromatic rings. The standard InChI is InChI=1S/C11H21NS/c1-8(2)10-4-11(5-10)12-6-9(3)7-13-11/h8-10,12H,4-7H2,1-3H3. The van der Waals surface area contributed by atoms with Crippen molar-refractivity contribution in [3.8, 4) is 0 Å². The fourth-order valence-electron chi connectivity index (χ4n) is 2.29. The van der Waals surface area contributed by atoms with E-state index in [-0.39, 0.29) is 0 Å². The van der Waals surface area contributed by atoms with Gasteiger partial charge in [-0.05, 0) is 42.9 Å². The highest BCUT2D eigenvalue weighted by Crippen LogP contribution is 2.50. The predicted octanol–water partition coefficient (Wildman–Crippen LogP) is 2.72. The molecule has 1 aliphatic carbocycles. The van der Waals surface area contributed by atoms with Gasteiger partial charge in [-0.1, -0.05) is 20.8 Å². The van der Waals surface area contributed by atoms with Crippen molar-refractivity contribution < 1.29 is 0 Å². The first-order valence-corrected chi connectivity index (χ1v) is 6.49. The van der Waals surface area contributed by atoms with Crippen molar-refractivity contribution in [1.82, 2.24) is 5.32 Å². The predicted molar refractivity (Wildman–Crippen MR) is 59.9 cm³/mol. The highest BCUT2D eigenvalue weighted by Gasteiger charge is 2.46. The van der Waals surface area contributed by atoms with Gasteiger partial charge in [0.25, 0.3) is 0 Å². The maximum absolute atomic E-state index is 3.73. The maximum Gasteiger partial charge on any atom is 0.0650 e. The summed E-state index contributed by atoms with van der Waals surface area (Å²) in [6.07, 6.45) is 2.81. The SMILES string of the molecule is CC1CNC2(CC(C(C)C)C2)SC1. The molecule has 13 heavy (non-hydrogen) atoms. The van der Waals surface area contributed by atoms with E-state index in [4.69, 9.17) is 0 Å². The third-order valence-electron chi connectivity index (χ3n) is 3.54. The molecule has 1 nitrogen and oxygen atoms in total. The van der Waals surface area contributed by atoms with Gasteiger partial charge in [-0.25, -0.2) is 0 Å². The van der Waals surface area contributed by atoms with Crippen LogP contribution in [0.3, 0.4) is 0 Å². The van der Waals surface area contributed by atoms with Gasteiger partial charge in [-0.15, -0.1) is 11.8 Å². The highest BCUT2D eigenvalue weighted by molar-refractivity contribution is 8.00. The van der Waals surface area contributed by atoms with Gasteiger partial charge < -0.3 is 5.32 Å². The van der Waals surface area contributed by atoms with Crippen molar-refractivity contribution in [3.05, 3.63) is 0 Å². The normalized spacial score (nSPS) is 45.2. The van der Waals surface area contributed by atoms with E-state index in [1.807, 2.05) is 0 Å². The van der Waals surface area contributed by atoms with Crippen molar-refractivity contribution in [2.24, 2.45) is 17.8 Å². The maximum atomic E-state index is 3.73. The van der Waals surface area contributed by atoms with E-state index in [9.17, 15) is 0 Å². The van der Waals surface area contributed by atoms with Crippen LogP contribution in [0.15, 0.2) is 0 Å². The summed E-state index contributed by atoms with van der Waals surface area (Å²) in [7, 11) is 0. The molecule has 2 rings (SSSR count). The minimum absolute atomic E-state index is 0.501. The Balaban J connectivity index is 1.83. The molecule has 1 heterocycles. The van der Waals surface area contributed by atoms with Crippen LogP contribution in [0.4, 0.5) is 0 Å². The molecule has 1 atom stereocenters. The Morgan fingerprint density at radius 2 is 2.08 bits per heavy atom. The monoisotopic (exact) mass is 199 g/mol. The second-order valence-corrected chi connectivity index (χ2v) is 6.61. The topological polar surface area (TPSA) is 12.0 Å². The molecule has 1 aliphatic heterocycles. The molecule has 0 amide bonds. The average Bonchev–Trinajstić information content (AvgIpc) is 2.02. The largest absolute Gasteiger partial charge is 0.302 e. The second kappa shape index (κ2) is 3.47. The number of rotatable bonds is 1. The Bertz CT molecular complexity index is 175. The van der Waals surface area contributed by atoms with E-state index in [1.165, 1.54) is 25.1 Å². The van der Waals surface area contributed by atoms with Crippen molar-refractivity contribution in [2.45, 2.75) is 38.5 Å². The molecular weight excluding hydrogens is 178 g/mol. The summed E-state index contributed by atoms with van der Waals surface area (Å²) in [6, 6.07) is 0. The fourth-order valence-corrected chi connectivity index (χ4v) is 3.86. The first kappa shape index (κ1) is 9.85. The highest BCUT2D eigenvalue weighted by atomic mass is 32.2. The Kier molecular flexibility index (Phi) is 2.63. The van der Waals surface area contributed by atoms with Crippen LogP contribution in [0, 0.1) is 17.8 Å². The lowest BCUT2D eigenvalue weighted by molar-refractivity contribution is 0.135. The summed E-state index contributed by atoms with van der Waals surface area (Å²) < 4.78 is 0. The lowest BCUT2D eigenvalue weighted by Crippen LogP contribution is -2.57. The van der Waals surface area contributed by atoms with Crippen LogP contribution in [0.5, 0.6) is 0 Å². The zero-order chi connectivity index (χ0) is 9.47. The molecule has 2 aliphatic rings. The molecule has 0 radical (unpaired) electrons. The summed E-state index contributed by atoms with van der Waals surface area (Å²) in [5.74, 6) is 4.09. The summed E-state index contributed by atoms with van der Waals surface area (Å²) >= 11 is 2.17. The Morgan fingerprint density at radius 3 is 2.54 bits per heavy atom. The van der Waals surface area contributed by atoms with E-state index in [0.29, 0.717) is 4.87 Å². The van der Waals surface area contributed by atoms with E-state index < -0.39 is 0 Å². The van der Waals surface area contributed by atoms with Crippen molar-refractivity contribution in [1.29, 1.82) is 0 Å². The summed E-state index contributed by atoms with van der Waals surface area (Å²) in [6.45, 7) is 8.28. The van der Waals surface area contributed by atoms with Crippen LogP contribution in [0.1, 0.15) is 33.6 Å². The molecule has 1 saturated carbocycles. The molecule has 76 valence electrons. The van der Waals surface area contributed by atoms with Crippen LogP contribution >= 0.6 is 11.8 Å². The molecule has 0 bridgehead atoms. The molecular formula is C11H21NS. The number of nitrogens with one attached hydrogen (secondary N) is 1.